The zero-order valence-corrected chi connectivity index (χ0v) is 15.6. The number of benzene rings is 2. The monoisotopic (exact) mass is 359 g/mol. The Morgan fingerprint density at radius 2 is 1.96 bits per heavy atom. The summed E-state index contributed by atoms with van der Waals surface area (Å²) in [6.45, 7) is 5.77. The highest BCUT2D eigenvalue weighted by atomic mass is 35.5. The van der Waals surface area contributed by atoms with Gasteiger partial charge in [0.2, 0.25) is 5.91 Å². The van der Waals surface area contributed by atoms with Crippen LogP contribution in [-0.2, 0) is 4.79 Å². The van der Waals surface area contributed by atoms with Crippen LogP contribution in [0.25, 0.3) is 6.08 Å². The Kier molecular flexibility index (Phi) is 6.48. The van der Waals surface area contributed by atoms with Gasteiger partial charge in [0.05, 0.1) is 13.2 Å². The molecule has 2 aromatic rings. The molecule has 0 heterocycles. The van der Waals surface area contributed by atoms with Gasteiger partial charge in [-0.2, -0.15) is 0 Å². The van der Waals surface area contributed by atoms with Crippen LogP contribution in [0.1, 0.15) is 25.0 Å². The molecule has 0 saturated heterocycles. The van der Waals surface area contributed by atoms with Gasteiger partial charge in [0.25, 0.3) is 0 Å². The third kappa shape index (κ3) is 5.26. The second-order valence-corrected chi connectivity index (χ2v) is 6.22. The van der Waals surface area contributed by atoms with E-state index in [9.17, 15) is 4.79 Å². The summed E-state index contributed by atoms with van der Waals surface area (Å²) in [7, 11) is 1.59. The van der Waals surface area contributed by atoms with Gasteiger partial charge < -0.3 is 14.8 Å². The van der Waals surface area contributed by atoms with Crippen molar-refractivity contribution in [3.05, 3.63) is 58.6 Å². The van der Waals surface area contributed by atoms with E-state index < -0.39 is 0 Å². The molecule has 25 heavy (non-hydrogen) atoms. The Morgan fingerprint density at radius 1 is 1.20 bits per heavy atom. The van der Waals surface area contributed by atoms with Gasteiger partial charge in [0.1, 0.15) is 0 Å². The van der Waals surface area contributed by atoms with E-state index in [1.165, 1.54) is 6.08 Å². The molecule has 0 saturated carbocycles. The molecule has 0 unspecified atom stereocenters. The average molecular weight is 360 g/mol. The summed E-state index contributed by atoms with van der Waals surface area (Å²) in [6, 6.07) is 10.9. The van der Waals surface area contributed by atoms with Crippen molar-refractivity contribution in [1.82, 2.24) is 0 Å². The molecule has 0 aromatic heterocycles. The van der Waals surface area contributed by atoms with E-state index in [0.29, 0.717) is 22.2 Å². The number of rotatable bonds is 6. The van der Waals surface area contributed by atoms with Gasteiger partial charge in [-0.3, -0.25) is 4.79 Å². The number of nitrogens with one attached hydrogen (secondary N) is 1. The Labute approximate surface area is 153 Å². The van der Waals surface area contributed by atoms with Crippen molar-refractivity contribution in [2.24, 2.45) is 0 Å². The lowest BCUT2D eigenvalue weighted by atomic mass is 10.1. The van der Waals surface area contributed by atoms with E-state index in [0.717, 1.165) is 11.1 Å². The number of ether oxygens (including phenoxy) is 2. The van der Waals surface area contributed by atoms with Crippen molar-refractivity contribution in [3.8, 4) is 11.5 Å². The molecule has 2 aromatic carbocycles. The smallest absolute Gasteiger partial charge is 0.248 e. The van der Waals surface area contributed by atoms with Crippen LogP contribution in [0.3, 0.4) is 0 Å². The Bertz CT molecular complexity index is 785. The highest BCUT2D eigenvalue weighted by Gasteiger charge is 2.07. The van der Waals surface area contributed by atoms with Crippen LogP contribution in [0.15, 0.2) is 42.5 Å². The lowest BCUT2D eigenvalue weighted by molar-refractivity contribution is -0.111. The van der Waals surface area contributed by atoms with Gasteiger partial charge in [-0.1, -0.05) is 23.7 Å². The molecule has 5 heteroatoms. The van der Waals surface area contributed by atoms with E-state index in [4.69, 9.17) is 21.1 Å². The normalized spacial score (nSPS) is 11.0. The summed E-state index contributed by atoms with van der Waals surface area (Å²) >= 11 is 6.06. The third-order valence-corrected chi connectivity index (χ3v) is 3.91. The molecule has 0 aliphatic carbocycles. The summed E-state index contributed by atoms with van der Waals surface area (Å²) in [5.74, 6) is 1.07. The van der Waals surface area contributed by atoms with Crippen LogP contribution in [0.5, 0.6) is 11.5 Å². The second-order valence-electron chi connectivity index (χ2n) is 5.81. The molecular weight excluding hydrogens is 338 g/mol. The molecular formula is C20H22ClNO3. The van der Waals surface area contributed by atoms with Crippen LogP contribution in [0.2, 0.25) is 5.02 Å². The highest BCUT2D eigenvalue weighted by molar-refractivity contribution is 6.31. The topological polar surface area (TPSA) is 47.6 Å². The molecule has 0 aliphatic rings. The molecule has 0 bridgehead atoms. The maximum absolute atomic E-state index is 12.1. The summed E-state index contributed by atoms with van der Waals surface area (Å²) in [6.07, 6.45) is 3.25. The van der Waals surface area contributed by atoms with E-state index >= 15 is 0 Å². The first kappa shape index (κ1) is 18.9. The fourth-order valence-corrected chi connectivity index (χ4v) is 2.40. The number of carbonyl (C=O) groups excluding carboxylic acids is 1. The SMILES string of the molecule is COc1cc(C=CC(=O)Nc2cccc(Cl)c2C)ccc1OC(C)C. The van der Waals surface area contributed by atoms with Crippen molar-refractivity contribution < 1.29 is 14.3 Å². The van der Waals surface area contributed by atoms with Crippen LogP contribution >= 0.6 is 11.6 Å². The van der Waals surface area contributed by atoms with Gasteiger partial charge in [0.15, 0.2) is 11.5 Å². The molecule has 0 aliphatic heterocycles. The van der Waals surface area contributed by atoms with Crippen molar-refractivity contribution in [1.29, 1.82) is 0 Å². The maximum Gasteiger partial charge on any atom is 0.248 e. The summed E-state index contributed by atoms with van der Waals surface area (Å²) in [4.78, 5) is 12.1. The lowest BCUT2D eigenvalue weighted by Gasteiger charge is -2.13. The quantitative estimate of drug-likeness (QED) is 0.730. The van der Waals surface area contributed by atoms with Crippen LogP contribution in [-0.4, -0.2) is 19.1 Å². The lowest BCUT2D eigenvalue weighted by Crippen LogP contribution is -2.09. The standard InChI is InChI=1S/C20H22ClNO3/c1-13(2)25-18-10-8-15(12-19(18)24-4)9-11-20(23)22-17-7-5-6-16(21)14(17)3/h5-13H,1-4H3,(H,22,23). The summed E-state index contributed by atoms with van der Waals surface area (Å²) < 4.78 is 11.0. The number of hydrogen-bond donors (Lipinski definition) is 1. The molecule has 4 nitrogen and oxygen atoms in total. The van der Waals surface area contributed by atoms with Crippen molar-refractivity contribution in [2.45, 2.75) is 26.9 Å². The average Bonchev–Trinajstić information content (AvgIpc) is 2.57. The molecule has 0 spiro atoms. The van der Waals surface area contributed by atoms with Gasteiger partial charge >= 0.3 is 0 Å². The first-order chi connectivity index (χ1) is 11.9. The number of hydrogen-bond acceptors (Lipinski definition) is 3. The molecule has 0 fully saturated rings. The van der Waals surface area contributed by atoms with Gasteiger partial charge in [-0.05, 0) is 62.2 Å². The first-order valence-corrected chi connectivity index (χ1v) is 8.37. The molecule has 2 rings (SSSR count). The van der Waals surface area contributed by atoms with E-state index in [-0.39, 0.29) is 12.0 Å². The summed E-state index contributed by atoms with van der Waals surface area (Å²) in [5.41, 5.74) is 2.37. The van der Waals surface area contributed by atoms with E-state index in [1.807, 2.05) is 45.0 Å². The summed E-state index contributed by atoms with van der Waals surface area (Å²) in [5, 5.41) is 3.44. The van der Waals surface area contributed by atoms with Gasteiger partial charge in [-0.15, -0.1) is 0 Å². The zero-order valence-electron chi connectivity index (χ0n) is 14.8. The fourth-order valence-electron chi connectivity index (χ4n) is 2.23. The number of amides is 1. The number of halogens is 1. The van der Waals surface area contributed by atoms with Crippen molar-refractivity contribution in [3.63, 3.8) is 0 Å². The zero-order chi connectivity index (χ0) is 18.4. The molecule has 1 N–H and O–H groups in total. The van der Waals surface area contributed by atoms with Crippen LogP contribution in [0.4, 0.5) is 5.69 Å². The van der Waals surface area contributed by atoms with Crippen LogP contribution in [0, 0.1) is 6.92 Å². The largest absolute Gasteiger partial charge is 0.493 e. The highest BCUT2D eigenvalue weighted by Crippen LogP contribution is 2.29. The Balaban J connectivity index is 2.10. The molecule has 0 atom stereocenters. The van der Waals surface area contributed by atoms with Gasteiger partial charge in [0, 0.05) is 16.8 Å². The Morgan fingerprint density at radius 3 is 2.64 bits per heavy atom. The predicted octanol–water partition coefficient (Wildman–Crippen LogP) is 5.10. The van der Waals surface area contributed by atoms with Crippen molar-refractivity contribution >= 4 is 29.3 Å². The second kappa shape index (κ2) is 8.58. The molecule has 0 radical (unpaired) electrons. The molecule has 132 valence electrons. The number of carbonyl (C=O) groups is 1. The molecule has 1 amide bonds. The number of methoxy groups -OCH3 is 1. The maximum atomic E-state index is 12.1. The number of anilines is 1. The minimum atomic E-state index is -0.230. The minimum Gasteiger partial charge on any atom is -0.493 e. The fraction of sp³-hybridized carbons (Fsp3) is 0.250. The Hall–Kier alpha value is -2.46. The van der Waals surface area contributed by atoms with E-state index in [2.05, 4.69) is 5.32 Å². The first-order valence-electron chi connectivity index (χ1n) is 7.99. The van der Waals surface area contributed by atoms with Crippen molar-refractivity contribution in [2.75, 3.05) is 12.4 Å². The third-order valence-electron chi connectivity index (χ3n) is 3.50. The van der Waals surface area contributed by atoms with E-state index in [1.54, 1.807) is 25.3 Å². The predicted molar refractivity (Wildman–Crippen MR) is 103 cm³/mol. The minimum absolute atomic E-state index is 0.0574. The van der Waals surface area contributed by atoms with Crippen LogP contribution < -0.4 is 14.8 Å². The van der Waals surface area contributed by atoms with Gasteiger partial charge in [-0.25, -0.2) is 0 Å².